The largest absolute Gasteiger partial charge is 0.494 e. The highest BCUT2D eigenvalue weighted by molar-refractivity contribution is 7.09. The molecule has 0 saturated carbocycles. The molecule has 96 valence electrons. The van der Waals surface area contributed by atoms with Crippen LogP contribution in [0.3, 0.4) is 0 Å². The summed E-state index contributed by atoms with van der Waals surface area (Å²) < 4.78 is 18.5. The zero-order valence-electron chi connectivity index (χ0n) is 10.3. The van der Waals surface area contributed by atoms with Crippen molar-refractivity contribution in [2.24, 2.45) is 5.73 Å². The van der Waals surface area contributed by atoms with Gasteiger partial charge in [-0.3, -0.25) is 0 Å². The maximum Gasteiger partial charge on any atom is 0.165 e. The van der Waals surface area contributed by atoms with Gasteiger partial charge in [0.1, 0.15) is 0 Å². The van der Waals surface area contributed by atoms with Crippen LogP contribution in [-0.2, 0) is 6.42 Å². The van der Waals surface area contributed by atoms with Gasteiger partial charge in [0.2, 0.25) is 0 Å². The number of aromatic nitrogens is 1. The van der Waals surface area contributed by atoms with Gasteiger partial charge in [0.05, 0.1) is 17.8 Å². The Hall–Kier alpha value is -1.46. The number of halogens is 1. The Morgan fingerprint density at radius 2 is 2.28 bits per heavy atom. The molecular formula is C13H15FN2OS. The summed E-state index contributed by atoms with van der Waals surface area (Å²) in [5.74, 6) is -0.137. The van der Waals surface area contributed by atoms with E-state index in [-0.39, 0.29) is 17.6 Å². The Kier molecular flexibility index (Phi) is 3.93. The minimum Gasteiger partial charge on any atom is -0.494 e. The molecule has 0 radical (unpaired) electrons. The lowest BCUT2D eigenvalue weighted by Gasteiger charge is -2.03. The second kappa shape index (κ2) is 5.46. The summed E-state index contributed by atoms with van der Waals surface area (Å²) >= 11 is 1.54. The molecule has 3 nitrogen and oxygen atoms in total. The fourth-order valence-corrected chi connectivity index (χ4v) is 2.59. The molecule has 0 aliphatic carbocycles. The lowest BCUT2D eigenvalue weighted by Crippen LogP contribution is -2.17. The summed E-state index contributed by atoms with van der Waals surface area (Å²) in [4.78, 5) is 4.45. The molecule has 5 heteroatoms. The summed E-state index contributed by atoms with van der Waals surface area (Å²) in [6.07, 6.45) is 0.739. The summed E-state index contributed by atoms with van der Waals surface area (Å²) in [5.41, 5.74) is 7.25. The minimum atomic E-state index is -0.378. The van der Waals surface area contributed by atoms with Gasteiger partial charge in [-0.05, 0) is 25.1 Å². The van der Waals surface area contributed by atoms with Gasteiger partial charge < -0.3 is 10.5 Å². The summed E-state index contributed by atoms with van der Waals surface area (Å²) in [6.45, 7) is 1.94. The van der Waals surface area contributed by atoms with Gasteiger partial charge in [0, 0.05) is 23.4 Å². The van der Waals surface area contributed by atoms with E-state index in [1.807, 2.05) is 12.3 Å². The lowest BCUT2D eigenvalue weighted by molar-refractivity contribution is 0.386. The molecule has 1 heterocycles. The van der Waals surface area contributed by atoms with Crippen LogP contribution in [0.1, 0.15) is 11.9 Å². The van der Waals surface area contributed by atoms with Crippen molar-refractivity contribution in [2.45, 2.75) is 19.4 Å². The molecule has 1 atom stereocenters. The van der Waals surface area contributed by atoms with Crippen molar-refractivity contribution in [3.63, 3.8) is 0 Å². The van der Waals surface area contributed by atoms with Gasteiger partial charge in [-0.2, -0.15) is 0 Å². The first-order valence-electron chi connectivity index (χ1n) is 5.64. The first kappa shape index (κ1) is 13.0. The fourth-order valence-electron chi connectivity index (χ4n) is 1.64. The molecule has 0 saturated heterocycles. The molecule has 0 amide bonds. The van der Waals surface area contributed by atoms with Crippen LogP contribution in [-0.4, -0.2) is 18.1 Å². The Bertz CT molecular complexity index is 540. The van der Waals surface area contributed by atoms with E-state index in [4.69, 9.17) is 10.5 Å². The predicted octanol–water partition coefficient (Wildman–Crippen LogP) is 2.85. The molecule has 2 aromatic rings. The van der Waals surface area contributed by atoms with Crippen LogP contribution in [0.5, 0.6) is 5.75 Å². The molecule has 1 aromatic carbocycles. The van der Waals surface area contributed by atoms with Gasteiger partial charge in [0.15, 0.2) is 11.6 Å². The number of thiazole rings is 1. The second-order valence-corrected chi connectivity index (χ2v) is 5.10. The van der Waals surface area contributed by atoms with Gasteiger partial charge in [-0.1, -0.05) is 0 Å². The quantitative estimate of drug-likeness (QED) is 0.925. The average molecular weight is 266 g/mol. The maximum absolute atomic E-state index is 13.6. The molecule has 0 fully saturated rings. The Labute approximate surface area is 109 Å². The van der Waals surface area contributed by atoms with E-state index in [9.17, 15) is 4.39 Å². The molecule has 0 spiro atoms. The van der Waals surface area contributed by atoms with Crippen molar-refractivity contribution >= 4 is 11.3 Å². The molecule has 2 N–H and O–H groups in total. The first-order valence-corrected chi connectivity index (χ1v) is 6.52. The van der Waals surface area contributed by atoms with Gasteiger partial charge >= 0.3 is 0 Å². The van der Waals surface area contributed by atoms with E-state index in [1.54, 1.807) is 23.5 Å². The number of ether oxygens (including phenoxy) is 1. The highest BCUT2D eigenvalue weighted by atomic mass is 32.1. The SMILES string of the molecule is COc1ccc(-c2csc(CC(C)N)n2)cc1F. The van der Waals surface area contributed by atoms with E-state index in [0.29, 0.717) is 0 Å². The summed E-state index contributed by atoms with van der Waals surface area (Å²) in [7, 11) is 1.45. The molecule has 2 rings (SSSR count). The Morgan fingerprint density at radius 1 is 1.50 bits per heavy atom. The van der Waals surface area contributed by atoms with Crippen LogP contribution in [0.25, 0.3) is 11.3 Å². The van der Waals surface area contributed by atoms with E-state index in [0.717, 1.165) is 22.7 Å². The standard InChI is InChI=1S/C13H15FN2OS/c1-8(15)5-13-16-11(7-18-13)9-3-4-12(17-2)10(14)6-9/h3-4,6-8H,5,15H2,1-2H3. The van der Waals surface area contributed by atoms with Crippen LogP contribution in [0.15, 0.2) is 23.6 Å². The monoisotopic (exact) mass is 266 g/mol. The maximum atomic E-state index is 13.6. The van der Waals surface area contributed by atoms with E-state index in [1.165, 1.54) is 13.2 Å². The minimum absolute atomic E-state index is 0.0802. The third-order valence-corrected chi connectivity index (χ3v) is 3.37. The Morgan fingerprint density at radius 3 is 2.89 bits per heavy atom. The van der Waals surface area contributed by atoms with Crippen LogP contribution < -0.4 is 10.5 Å². The zero-order chi connectivity index (χ0) is 13.1. The average Bonchev–Trinajstić information content (AvgIpc) is 2.76. The number of hydrogen-bond acceptors (Lipinski definition) is 4. The predicted molar refractivity (Wildman–Crippen MR) is 71.4 cm³/mol. The molecular weight excluding hydrogens is 251 g/mol. The topological polar surface area (TPSA) is 48.1 Å². The summed E-state index contributed by atoms with van der Waals surface area (Å²) in [6, 6.07) is 4.92. The van der Waals surface area contributed by atoms with Crippen molar-refractivity contribution < 1.29 is 9.13 Å². The van der Waals surface area contributed by atoms with Crippen molar-refractivity contribution in [2.75, 3.05) is 7.11 Å². The van der Waals surface area contributed by atoms with Gasteiger partial charge in [-0.25, -0.2) is 9.37 Å². The number of benzene rings is 1. The smallest absolute Gasteiger partial charge is 0.165 e. The van der Waals surface area contributed by atoms with E-state index in [2.05, 4.69) is 4.98 Å². The number of methoxy groups -OCH3 is 1. The molecule has 1 unspecified atom stereocenters. The third kappa shape index (κ3) is 2.86. The Balaban J connectivity index is 2.26. The number of nitrogens with zero attached hydrogens (tertiary/aromatic N) is 1. The van der Waals surface area contributed by atoms with Crippen LogP contribution in [0.4, 0.5) is 4.39 Å². The van der Waals surface area contributed by atoms with Gasteiger partial charge in [-0.15, -0.1) is 11.3 Å². The lowest BCUT2D eigenvalue weighted by atomic mass is 10.1. The highest BCUT2D eigenvalue weighted by Gasteiger charge is 2.09. The normalized spacial score (nSPS) is 12.4. The van der Waals surface area contributed by atoms with Crippen molar-refractivity contribution in [3.8, 4) is 17.0 Å². The molecule has 0 aliphatic rings. The number of rotatable bonds is 4. The van der Waals surface area contributed by atoms with Crippen molar-refractivity contribution in [1.82, 2.24) is 4.98 Å². The van der Waals surface area contributed by atoms with Gasteiger partial charge in [0.25, 0.3) is 0 Å². The van der Waals surface area contributed by atoms with Crippen molar-refractivity contribution in [1.29, 1.82) is 0 Å². The summed E-state index contributed by atoms with van der Waals surface area (Å²) in [5, 5.41) is 2.88. The fraction of sp³-hybridized carbons (Fsp3) is 0.308. The van der Waals surface area contributed by atoms with Crippen LogP contribution in [0.2, 0.25) is 0 Å². The molecule has 0 bridgehead atoms. The number of nitrogens with two attached hydrogens (primary N) is 1. The second-order valence-electron chi connectivity index (χ2n) is 4.16. The van der Waals surface area contributed by atoms with Crippen LogP contribution >= 0.6 is 11.3 Å². The number of hydrogen-bond donors (Lipinski definition) is 1. The first-order chi connectivity index (χ1) is 8.60. The molecule has 0 aliphatic heterocycles. The van der Waals surface area contributed by atoms with Crippen LogP contribution in [0, 0.1) is 5.82 Å². The van der Waals surface area contributed by atoms with E-state index < -0.39 is 0 Å². The molecule has 1 aromatic heterocycles. The van der Waals surface area contributed by atoms with Crippen molar-refractivity contribution in [3.05, 3.63) is 34.4 Å². The zero-order valence-corrected chi connectivity index (χ0v) is 11.1. The third-order valence-electron chi connectivity index (χ3n) is 2.50. The highest BCUT2D eigenvalue weighted by Crippen LogP contribution is 2.26. The molecule has 18 heavy (non-hydrogen) atoms. The van der Waals surface area contributed by atoms with E-state index >= 15 is 0 Å².